The van der Waals surface area contributed by atoms with Gasteiger partial charge in [0.05, 0.1) is 12.1 Å². The summed E-state index contributed by atoms with van der Waals surface area (Å²) in [6.07, 6.45) is 4.13. The number of anilines is 2. The third kappa shape index (κ3) is 5.87. The molecular formula is C22H26ClN3O3. The molecule has 0 aromatic heterocycles. The number of hydrogen-bond acceptors (Lipinski definition) is 4. The molecule has 1 aliphatic heterocycles. The molecule has 2 amide bonds. The van der Waals surface area contributed by atoms with Gasteiger partial charge in [0.25, 0.3) is 0 Å². The molecule has 0 unspecified atom stereocenters. The number of ether oxygens (including phenoxy) is 1. The molecule has 0 spiro atoms. The number of amides is 2. The Morgan fingerprint density at radius 1 is 1.07 bits per heavy atom. The average Bonchev–Trinajstić information content (AvgIpc) is 3.26. The predicted molar refractivity (Wildman–Crippen MR) is 116 cm³/mol. The van der Waals surface area contributed by atoms with Gasteiger partial charge in [0.2, 0.25) is 0 Å². The quantitative estimate of drug-likeness (QED) is 0.535. The molecule has 1 heterocycles. The second-order valence-electron chi connectivity index (χ2n) is 7.02. The zero-order chi connectivity index (χ0) is 20.6. The molecule has 7 heteroatoms. The van der Waals surface area contributed by atoms with Crippen LogP contribution in [0.3, 0.4) is 0 Å². The van der Waals surface area contributed by atoms with Crippen LogP contribution in [0.2, 0.25) is 5.02 Å². The first-order valence-corrected chi connectivity index (χ1v) is 10.2. The summed E-state index contributed by atoms with van der Waals surface area (Å²) < 4.78 is 5.06. The molecule has 2 aromatic carbocycles. The highest BCUT2D eigenvalue weighted by atomic mass is 35.5. The van der Waals surface area contributed by atoms with E-state index >= 15 is 0 Å². The van der Waals surface area contributed by atoms with Crippen LogP contribution in [0.5, 0.6) is 5.75 Å². The van der Waals surface area contributed by atoms with E-state index in [1.54, 1.807) is 12.1 Å². The van der Waals surface area contributed by atoms with Gasteiger partial charge in [0.15, 0.2) is 0 Å². The highest BCUT2D eigenvalue weighted by molar-refractivity contribution is 6.40. The monoisotopic (exact) mass is 415 g/mol. The number of carbonyl (C=O) groups excluding carboxylic acids is 2. The van der Waals surface area contributed by atoms with E-state index in [0.29, 0.717) is 23.0 Å². The first kappa shape index (κ1) is 21.0. The van der Waals surface area contributed by atoms with E-state index in [4.69, 9.17) is 16.3 Å². The van der Waals surface area contributed by atoms with Gasteiger partial charge in [0.1, 0.15) is 5.75 Å². The highest BCUT2D eigenvalue weighted by Crippen LogP contribution is 2.27. The normalized spacial score (nSPS) is 13.2. The molecule has 1 aliphatic rings. The van der Waals surface area contributed by atoms with Crippen LogP contribution >= 0.6 is 11.6 Å². The minimum absolute atomic E-state index is 0.362. The topological polar surface area (TPSA) is 70.7 Å². The molecule has 6 nitrogen and oxygen atoms in total. The average molecular weight is 416 g/mol. The molecule has 3 rings (SSSR count). The number of nitrogens with zero attached hydrogens (tertiary/aromatic N) is 1. The summed E-state index contributed by atoms with van der Waals surface area (Å²) in [5.41, 5.74) is 2.93. The largest absolute Gasteiger partial charge is 0.495 e. The molecule has 0 saturated carbocycles. The first-order valence-electron chi connectivity index (χ1n) is 9.83. The SMILES string of the molecule is COc1ccc(NC(=O)C(=O)NCCCc2ccc(N3CCCC3)cc2)cc1Cl. The summed E-state index contributed by atoms with van der Waals surface area (Å²) in [4.78, 5) is 26.4. The summed E-state index contributed by atoms with van der Waals surface area (Å²) in [7, 11) is 1.51. The number of carbonyl (C=O) groups is 2. The zero-order valence-electron chi connectivity index (χ0n) is 16.5. The van der Waals surface area contributed by atoms with Crippen molar-refractivity contribution < 1.29 is 14.3 Å². The number of benzene rings is 2. The van der Waals surface area contributed by atoms with E-state index in [9.17, 15) is 9.59 Å². The van der Waals surface area contributed by atoms with Gasteiger partial charge in [-0.2, -0.15) is 0 Å². The molecule has 2 aromatic rings. The maximum absolute atomic E-state index is 12.0. The Morgan fingerprint density at radius 3 is 2.45 bits per heavy atom. The van der Waals surface area contributed by atoms with Gasteiger partial charge in [0, 0.05) is 31.0 Å². The standard InChI is InChI=1S/C22H26ClN3O3/c1-29-20-11-8-17(15-19(20)23)25-22(28)21(27)24-12-4-5-16-6-9-18(10-7-16)26-13-2-3-14-26/h6-11,15H,2-5,12-14H2,1H3,(H,24,27)(H,25,28). The summed E-state index contributed by atoms with van der Waals surface area (Å²) in [5, 5.41) is 5.54. The van der Waals surface area contributed by atoms with Crippen LogP contribution in [0.15, 0.2) is 42.5 Å². The molecule has 0 radical (unpaired) electrons. The van der Waals surface area contributed by atoms with Gasteiger partial charge < -0.3 is 20.3 Å². The Kier molecular flexibility index (Phi) is 7.36. The maximum Gasteiger partial charge on any atom is 0.313 e. The van der Waals surface area contributed by atoms with Crippen molar-refractivity contribution in [2.24, 2.45) is 0 Å². The van der Waals surface area contributed by atoms with Gasteiger partial charge in [-0.05, 0) is 61.6 Å². The fourth-order valence-electron chi connectivity index (χ4n) is 3.36. The van der Waals surface area contributed by atoms with Crippen LogP contribution < -0.4 is 20.3 Å². The van der Waals surface area contributed by atoms with Crippen LogP contribution in [0.4, 0.5) is 11.4 Å². The fraction of sp³-hybridized carbons (Fsp3) is 0.364. The lowest BCUT2D eigenvalue weighted by Gasteiger charge is -2.17. The van der Waals surface area contributed by atoms with Crippen LogP contribution in [0.25, 0.3) is 0 Å². The Balaban J connectivity index is 1.39. The molecule has 2 N–H and O–H groups in total. The lowest BCUT2D eigenvalue weighted by molar-refractivity contribution is -0.136. The van der Waals surface area contributed by atoms with Crippen molar-refractivity contribution in [3.8, 4) is 5.75 Å². The van der Waals surface area contributed by atoms with Crippen molar-refractivity contribution in [2.45, 2.75) is 25.7 Å². The summed E-state index contributed by atoms with van der Waals surface area (Å²) in [6, 6.07) is 13.4. The Morgan fingerprint density at radius 2 is 1.79 bits per heavy atom. The van der Waals surface area contributed by atoms with Crippen LogP contribution in [-0.2, 0) is 16.0 Å². The molecular weight excluding hydrogens is 390 g/mol. The Bertz CT molecular complexity index is 849. The van der Waals surface area contributed by atoms with Crippen molar-refractivity contribution in [2.75, 3.05) is 37.0 Å². The summed E-state index contributed by atoms with van der Waals surface area (Å²) >= 11 is 6.02. The highest BCUT2D eigenvalue weighted by Gasteiger charge is 2.14. The third-order valence-electron chi connectivity index (χ3n) is 4.95. The molecule has 1 fully saturated rings. The van der Waals surface area contributed by atoms with Gasteiger partial charge in [-0.25, -0.2) is 0 Å². The third-order valence-corrected chi connectivity index (χ3v) is 5.25. The van der Waals surface area contributed by atoms with Gasteiger partial charge >= 0.3 is 11.8 Å². The number of aryl methyl sites for hydroxylation is 1. The van der Waals surface area contributed by atoms with Crippen molar-refractivity contribution in [1.82, 2.24) is 5.32 Å². The van der Waals surface area contributed by atoms with E-state index in [-0.39, 0.29) is 0 Å². The van der Waals surface area contributed by atoms with Gasteiger partial charge in [-0.1, -0.05) is 23.7 Å². The molecule has 154 valence electrons. The fourth-order valence-corrected chi connectivity index (χ4v) is 3.61. The summed E-state index contributed by atoms with van der Waals surface area (Å²) in [6.45, 7) is 2.70. The molecule has 0 aliphatic carbocycles. The van der Waals surface area contributed by atoms with E-state index in [1.807, 2.05) is 0 Å². The van der Waals surface area contributed by atoms with E-state index in [0.717, 1.165) is 25.9 Å². The number of hydrogen-bond donors (Lipinski definition) is 2. The Hall–Kier alpha value is -2.73. The number of methoxy groups -OCH3 is 1. The van der Waals surface area contributed by atoms with Crippen LogP contribution in [0.1, 0.15) is 24.8 Å². The second kappa shape index (κ2) is 10.2. The van der Waals surface area contributed by atoms with Crippen LogP contribution in [0, 0.1) is 0 Å². The van der Waals surface area contributed by atoms with E-state index < -0.39 is 11.8 Å². The second-order valence-corrected chi connectivity index (χ2v) is 7.43. The summed E-state index contributed by atoms with van der Waals surface area (Å²) in [5.74, 6) is -0.884. The molecule has 29 heavy (non-hydrogen) atoms. The van der Waals surface area contributed by atoms with Gasteiger partial charge in [-0.15, -0.1) is 0 Å². The van der Waals surface area contributed by atoms with Crippen molar-refractivity contribution in [3.63, 3.8) is 0 Å². The lowest BCUT2D eigenvalue weighted by atomic mass is 10.1. The maximum atomic E-state index is 12.0. The Labute approximate surface area is 176 Å². The molecule has 1 saturated heterocycles. The lowest BCUT2D eigenvalue weighted by Crippen LogP contribution is -2.36. The van der Waals surface area contributed by atoms with E-state index in [1.165, 1.54) is 37.3 Å². The van der Waals surface area contributed by atoms with Crippen LogP contribution in [-0.4, -0.2) is 38.6 Å². The minimum atomic E-state index is -0.721. The van der Waals surface area contributed by atoms with E-state index in [2.05, 4.69) is 39.8 Å². The van der Waals surface area contributed by atoms with Crippen molar-refractivity contribution in [1.29, 1.82) is 0 Å². The molecule has 0 bridgehead atoms. The number of nitrogens with one attached hydrogen (secondary N) is 2. The minimum Gasteiger partial charge on any atom is -0.495 e. The van der Waals surface area contributed by atoms with Gasteiger partial charge in [-0.3, -0.25) is 9.59 Å². The van der Waals surface area contributed by atoms with Crippen molar-refractivity contribution >= 4 is 34.8 Å². The smallest absolute Gasteiger partial charge is 0.313 e. The number of halogens is 1. The first-order chi connectivity index (χ1) is 14.1. The number of rotatable bonds is 7. The zero-order valence-corrected chi connectivity index (χ0v) is 17.3. The predicted octanol–water partition coefficient (Wildman–Crippen LogP) is 3.64. The molecule has 0 atom stereocenters. The van der Waals surface area contributed by atoms with Crippen molar-refractivity contribution in [3.05, 3.63) is 53.1 Å².